The van der Waals surface area contributed by atoms with Crippen LogP contribution in [0.25, 0.3) is 11.1 Å². The van der Waals surface area contributed by atoms with Gasteiger partial charge in [-0.15, -0.1) is 0 Å². The molecule has 0 unspecified atom stereocenters. The molecule has 1 aromatic carbocycles. The first kappa shape index (κ1) is 21.1. The molecule has 0 fully saturated rings. The average Bonchev–Trinajstić information content (AvgIpc) is 2.70. The zero-order valence-corrected chi connectivity index (χ0v) is 18.4. The Labute approximate surface area is 166 Å². The van der Waals surface area contributed by atoms with Gasteiger partial charge in [0.2, 0.25) is 0 Å². The van der Waals surface area contributed by atoms with E-state index in [1.165, 1.54) is 0 Å². The summed E-state index contributed by atoms with van der Waals surface area (Å²) in [5, 5.41) is 7.21. The van der Waals surface area contributed by atoms with E-state index in [4.69, 9.17) is 10.5 Å². The van der Waals surface area contributed by atoms with Crippen molar-refractivity contribution in [3.63, 3.8) is 0 Å². The van der Waals surface area contributed by atoms with Crippen LogP contribution in [0.3, 0.4) is 0 Å². The molecule has 7 heteroatoms. The quantitative estimate of drug-likeness (QED) is 0.482. The molecule has 6 nitrogen and oxygen atoms in total. The SMILES string of the molecule is COc1cc(C)c(-c2c(N=C(C)N)n[nH]c2C)c(C)c1.O.[Ac]. The first-order valence-electron chi connectivity index (χ1n) is 6.45. The maximum Gasteiger partial charge on any atom is 0.183 e. The van der Waals surface area contributed by atoms with E-state index in [1.54, 1.807) is 14.0 Å². The molecule has 1 aromatic heterocycles. The van der Waals surface area contributed by atoms with Crippen molar-refractivity contribution < 1.29 is 54.3 Å². The predicted molar refractivity (Wildman–Crippen MR) is 85.4 cm³/mol. The summed E-state index contributed by atoms with van der Waals surface area (Å²) in [5.74, 6) is 1.96. The minimum atomic E-state index is 0. The van der Waals surface area contributed by atoms with Gasteiger partial charge < -0.3 is 15.9 Å². The summed E-state index contributed by atoms with van der Waals surface area (Å²) >= 11 is 0. The second-order valence-electron chi connectivity index (χ2n) is 4.94. The molecule has 0 aliphatic carbocycles. The number of aliphatic imine (C=N–C) groups is 1. The molecule has 0 atom stereocenters. The number of nitrogens with two attached hydrogens (primary N) is 1. The van der Waals surface area contributed by atoms with Gasteiger partial charge in [0.15, 0.2) is 5.82 Å². The first-order valence-corrected chi connectivity index (χ1v) is 6.45. The molecule has 0 aliphatic rings. The molecular weight excluding hydrogens is 495 g/mol. The fourth-order valence-electron chi connectivity index (χ4n) is 2.40. The summed E-state index contributed by atoms with van der Waals surface area (Å²) in [6.45, 7) is 7.85. The fraction of sp³-hybridized carbons (Fsp3) is 0.333. The van der Waals surface area contributed by atoms with Gasteiger partial charge in [0.1, 0.15) is 5.75 Å². The molecule has 2 rings (SSSR count). The number of aromatic nitrogens is 2. The number of benzene rings is 1. The monoisotopic (exact) mass is 517 g/mol. The van der Waals surface area contributed by atoms with Crippen LogP contribution < -0.4 is 10.5 Å². The van der Waals surface area contributed by atoms with Crippen molar-refractivity contribution in [3.05, 3.63) is 29.0 Å². The van der Waals surface area contributed by atoms with Gasteiger partial charge >= 0.3 is 0 Å². The molecule has 1 radical (unpaired) electrons. The van der Waals surface area contributed by atoms with Crippen LogP contribution >= 0.6 is 0 Å². The van der Waals surface area contributed by atoms with E-state index in [0.29, 0.717) is 11.7 Å². The second-order valence-corrected chi connectivity index (χ2v) is 4.94. The van der Waals surface area contributed by atoms with E-state index in [9.17, 15) is 0 Å². The van der Waals surface area contributed by atoms with Crippen molar-refractivity contribution in [3.8, 4) is 16.9 Å². The number of aryl methyl sites for hydroxylation is 3. The van der Waals surface area contributed by atoms with Crippen LogP contribution in [0.15, 0.2) is 17.1 Å². The van der Waals surface area contributed by atoms with Crippen LogP contribution in [-0.4, -0.2) is 28.6 Å². The second kappa shape index (κ2) is 8.66. The van der Waals surface area contributed by atoms with Crippen molar-refractivity contribution in [2.45, 2.75) is 27.7 Å². The third-order valence-electron chi connectivity index (χ3n) is 3.20. The largest absolute Gasteiger partial charge is 0.497 e. The van der Waals surface area contributed by atoms with Crippen LogP contribution in [0.4, 0.5) is 5.82 Å². The molecule has 0 saturated heterocycles. The summed E-state index contributed by atoms with van der Waals surface area (Å²) < 4.78 is 5.30. The maximum atomic E-state index is 5.68. The average molecular weight is 517 g/mol. The van der Waals surface area contributed by atoms with Gasteiger partial charge in [0, 0.05) is 55.3 Å². The Kier molecular flexibility index (Phi) is 8.31. The van der Waals surface area contributed by atoms with E-state index < -0.39 is 0 Å². The van der Waals surface area contributed by atoms with Gasteiger partial charge in [0.25, 0.3) is 0 Å². The Morgan fingerprint density at radius 3 is 2.18 bits per heavy atom. The minimum Gasteiger partial charge on any atom is -0.497 e. The third kappa shape index (κ3) is 4.31. The number of hydrogen-bond donors (Lipinski definition) is 2. The molecule has 117 valence electrons. The number of nitrogens with one attached hydrogen (secondary N) is 1. The Hall–Kier alpha value is -0.898. The number of rotatable bonds is 3. The van der Waals surface area contributed by atoms with Gasteiger partial charge in [0.05, 0.1) is 12.9 Å². The first-order chi connectivity index (χ1) is 9.43. The molecule has 0 bridgehead atoms. The number of methoxy groups -OCH3 is 1. The van der Waals surface area contributed by atoms with E-state index in [1.807, 2.05) is 19.1 Å². The summed E-state index contributed by atoms with van der Waals surface area (Å²) in [4.78, 5) is 4.30. The topological polar surface area (TPSA) is 108 Å². The van der Waals surface area contributed by atoms with E-state index in [2.05, 4.69) is 29.0 Å². The number of amidine groups is 1. The van der Waals surface area contributed by atoms with Gasteiger partial charge in [-0.3, -0.25) is 5.10 Å². The fourth-order valence-corrected chi connectivity index (χ4v) is 2.40. The predicted octanol–water partition coefficient (Wildman–Crippen LogP) is 2.19. The zero-order valence-electron chi connectivity index (χ0n) is 13.6. The Morgan fingerprint density at radius 1 is 1.18 bits per heavy atom. The summed E-state index contributed by atoms with van der Waals surface area (Å²) in [7, 11) is 1.67. The van der Waals surface area contributed by atoms with Crippen molar-refractivity contribution >= 4 is 11.7 Å². The van der Waals surface area contributed by atoms with Gasteiger partial charge in [-0.25, -0.2) is 4.99 Å². The van der Waals surface area contributed by atoms with Crippen LogP contribution in [0.1, 0.15) is 23.7 Å². The summed E-state index contributed by atoms with van der Waals surface area (Å²) in [6.07, 6.45) is 0. The number of aromatic amines is 1. The molecule has 5 N–H and O–H groups in total. The molecule has 2 aromatic rings. The van der Waals surface area contributed by atoms with Gasteiger partial charge in [-0.05, 0) is 56.5 Å². The number of ether oxygens (including phenoxy) is 1. The molecular formula is C15H22AcN4O2. The van der Waals surface area contributed by atoms with E-state index in [-0.39, 0.29) is 49.5 Å². The molecule has 0 spiro atoms. The molecule has 0 amide bonds. The molecule has 22 heavy (non-hydrogen) atoms. The number of H-pyrrole nitrogens is 1. The normalized spacial score (nSPS) is 10.7. The van der Waals surface area contributed by atoms with Crippen LogP contribution in [-0.2, 0) is 0 Å². The Balaban J connectivity index is 0.00000220. The standard InChI is InChI=1S/C15H20N4O.Ac.H2O/c1-8-6-12(20-5)7-9(2)13(8)14-10(3)18-19-15(14)17-11(4)16;;/h6-7H,1-5H3,(H3,16,17,18,19);;1H2. The van der Waals surface area contributed by atoms with E-state index in [0.717, 1.165) is 33.7 Å². The number of nitrogens with zero attached hydrogens (tertiary/aromatic N) is 2. The third-order valence-corrected chi connectivity index (χ3v) is 3.20. The Morgan fingerprint density at radius 2 is 1.73 bits per heavy atom. The van der Waals surface area contributed by atoms with Gasteiger partial charge in [-0.2, -0.15) is 5.10 Å². The molecule has 1 heterocycles. The van der Waals surface area contributed by atoms with Gasteiger partial charge in [-0.1, -0.05) is 0 Å². The number of hydrogen-bond acceptors (Lipinski definition) is 3. The van der Waals surface area contributed by atoms with Crippen LogP contribution in [0, 0.1) is 64.8 Å². The summed E-state index contributed by atoms with van der Waals surface area (Å²) in [5.41, 5.74) is 11.0. The molecule has 0 saturated carbocycles. The summed E-state index contributed by atoms with van der Waals surface area (Å²) in [6, 6.07) is 4.02. The molecule has 0 aliphatic heterocycles. The van der Waals surface area contributed by atoms with Crippen molar-refractivity contribution in [1.29, 1.82) is 0 Å². The van der Waals surface area contributed by atoms with Crippen LogP contribution in [0.2, 0.25) is 0 Å². The smallest absolute Gasteiger partial charge is 0.183 e. The van der Waals surface area contributed by atoms with Crippen molar-refractivity contribution in [2.75, 3.05) is 7.11 Å². The van der Waals surface area contributed by atoms with Crippen LogP contribution in [0.5, 0.6) is 5.75 Å². The zero-order chi connectivity index (χ0) is 14.9. The van der Waals surface area contributed by atoms with Crippen molar-refractivity contribution in [1.82, 2.24) is 10.2 Å². The Bertz CT molecular complexity index is 653. The minimum absolute atomic E-state index is 0. The maximum absolute atomic E-state index is 5.68. The van der Waals surface area contributed by atoms with Crippen molar-refractivity contribution in [2.24, 2.45) is 10.7 Å². The van der Waals surface area contributed by atoms with E-state index >= 15 is 0 Å².